The molecule has 0 saturated heterocycles. The van der Waals surface area contributed by atoms with E-state index in [0.29, 0.717) is 12.6 Å². The van der Waals surface area contributed by atoms with Crippen LogP contribution in [0.2, 0.25) is 0 Å². The summed E-state index contributed by atoms with van der Waals surface area (Å²) in [6, 6.07) is 2.79. The Morgan fingerprint density at radius 3 is 2.45 bits per heavy atom. The summed E-state index contributed by atoms with van der Waals surface area (Å²) in [5.41, 5.74) is -0.326. The van der Waals surface area contributed by atoms with Gasteiger partial charge in [0.05, 0.1) is 9.82 Å². The maximum atomic E-state index is 12.4. The molecule has 0 atom stereocenters. The summed E-state index contributed by atoms with van der Waals surface area (Å²) < 4.78 is 47.5. The number of benzene rings is 1. The molecule has 1 rings (SSSR count). The number of anilines is 1. The summed E-state index contributed by atoms with van der Waals surface area (Å²) in [5.74, 6) is -3.61. The number of sulfone groups is 1. The Morgan fingerprint density at radius 2 is 2.00 bits per heavy atom. The number of alkyl halides is 2. The minimum atomic E-state index is -4.84. The Hall–Kier alpha value is -1.77. The van der Waals surface area contributed by atoms with Gasteiger partial charge in [-0.25, -0.2) is 8.42 Å². The molecule has 0 N–H and O–H groups in total. The van der Waals surface area contributed by atoms with E-state index in [1.165, 1.54) is 6.07 Å². The van der Waals surface area contributed by atoms with Crippen LogP contribution in [-0.2, 0) is 9.84 Å². The van der Waals surface area contributed by atoms with Gasteiger partial charge in [0.1, 0.15) is 5.69 Å². The Bertz CT molecular complexity index is 604. The lowest BCUT2D eigenvalue weighted by Gasteiger charge is -2.18. The van der Waals surface area contributed by atoms with E-state index in [0.717, 1.165) is 12.5 Å². The lowest BCUT2D eigenvalue weighted by Crippen LogP contribution is -2.19. The SMILES string of the molecule is CCCN(C)c1ccc(S(=O)(=O)C(F)F)cc1[N+](=O)[O-]. The molecular weight excluding hydrogens is 294 g/mol. The van der Waals surface area contributed by atoms with Crippen molar-refractivity contribution in [3.8, 4) is 0 Å². The molecule has 0 saturated carbocycles. The van der Waals surface area contributed by atoms with E-state index in [1.54, 1.807) is 11.9 Å². The third-order valence-corrected chi connectivity index (χ3v) is 4.06. The standard InChI is InChI=1S/C11H14F2N2O4S/c1-3-6-14(2)9-5-4-8(7-10(9)15(16)17)20(18,19)11(12)13/h4-5,7,11H,3,6H2,1-2H3. The first-order valence-corrected chi connectivity index (χ1v) is 7.28. The fraction of sp³-hybridized carbons (Fsp3) is 0.455. The van der Waals surface area contributed by atoms with Crippen LogP contribution in [0.4, 0.5) is 20.2 Å². The van der Waals surface area contributed by atoms with Gasteiger partial charge in [-0.15, -0.1) is 0 Å². The van der Waals surface area contributed by atoms with Crippen LogP contribution in [0.5, 0.6) is 0 Å². The van der Waals surface area contributed by atoms with Crippen molar-refractivity contribution in [1.29, 1.82) is 0 Å². The van der Waals surface area contributed by atoms with Crippen molar-refractivity contribution in [2.45, 2.75) is 24.0 Å². The molecule has 0 unspecified atom stereocenters. The molecule has 0 aliphatic rings. The zero-order valence-corrected chi connectivity index (χ0v) is 11.7. The van der Waals surface area contributed by atoms with Crippen LogP contribution in [0.15, 0.2) is 23.1 Å². The van der Waals surface area contributed by atoms with E-state index < -0.39 is 31.1 Å². The van der Waals surface area contributed by atoms with Gasteiger partial charge in [-0.2, -0.15) is 8.78 Å². The molecule has 1 aromatic rings. The Morgan fingerprint density at radius 1 is 1.40 bits per heavy atom. The highest BCUT2D eigenvalue weighted by Gasteiger charge is 2.29. The number of nitro groups is 1. The van der Waals surface area contributed by atoms with Crippen molar-refractivity contribution in [2.24, 2.45) is 0 Å². The first-order chi connectivity index (χ1) is 9.21. The summed E-state index contributed by atoms with van der Waals surface area (Å²) in [6.07, 6.45) is 0.727. The lowest BCUT2D eigenvalue weighted by molar-refractivity contribution is -0.384. The van der Waals surface area contributed by atoms with E-state index >= 15 is 0 Å². The van der Waals surface area contributed by atoms with Gasteiger partial charge in [0.15, 0.2) is 0 Å². The van der Waals surface area contributed by atoms with Crippen LogP contribution in [0.3, 0.4) is 0 Å². The highest BCUT2D eigenvalue weighted by Crippen LogP contribution is 2.31. The van der Waals surface area contributed by atoms with E-state index in [2.05, 4.69) is 0 Å². The molecule has 1 aromatic carbocycles. The van der Waals surface area contributed by atoms with Crippen molar-refractivity contribution in [3.63, 3.8) is 0 Å². The molecule has 0 bridgehead atoms. The van der Waals surface area contributed by atoms with E-state index in [4.69, 9.17) is 0 Å². The van der Waals surface area contributed by atoms with Gasteiger partial charge in [0.2, 0.25) is 9.84 Å². The molecule has 20 heavy (non-hydrogen) atoms. The number of rotatable bonds is 6. The second-order valence-corrected chi connectivity index (χ2v) is 6.05. The number of hydrogen-bond acceptors (Lipinski definition) is 5. The largest absolute Gasteiger partial charge is 0.369 e. The molecule has 112 valence electrons. The molecule has 6 nitrogen and oxygen atoms in total. The summed E-state index contributed by atoms with van der Waals surface area (Å²) in [5, 5.41) is 11.0. The molecule has 0 aliphatic heterocycles. The Labute approximate surface area is 115 Å². The van der Waals surface area contributed by atoms with Crippen molar-refractivity contribution in [2.75, 3.05) is 18.5 Å². The highest BCUT2D eigenvalue weighted by atomic mass is 32.2. The summed E-state index contributed by atoms with van der Waals surface area (Å²) in [6.45, 7) is 2.39. The predicted molar refractivity (Wildman–Crippen MR) is 69.8 cm³/mol. The highest BCUT2D eigenvalue weighted by molar-refractivity contribution is 7.91. The molecule has 0 spiro atoms. The minimum Gasteiger partial charge on any atom is -0.369 e. The minimum absolute atomic E-state index is 0.185. The van der Waals surface area contributed by atoms with Crippen LogP contribution < -0.4 is 4.90 Å². The Balaban J connectivity index is 3.38. The normalized spacial score (nSPS) is 11.7. The third kappa shape index (κ3) is 3.21. The fourth-order valence-electron chi connectivity index (χ4n) is 1.71. The van der Waals surface area contributed by atoms with Gasteiger partial charge in [-0.05, 0) is 18.6 Å². The molecule has 0 heterocycles. The smallest absolute Gasteiger partial charge is 0.341 e. The number of nitrogens with zero attached hydrogens (tertiary/aromatic N) is 2. The monoisotopic (exact) mass is 308 g/mol. The van der Waals surface area contributed by atoms with Gasteiger partial charge in [0.25, 0.3) is 5.69 Å². The van der Waals surface area contributed by atoms with Gasteiger partial charge < -0.3 is 4.90 Å². The van der Waals surface area contributed by atoms with Gasteiger partial charge in [-0.1, -0.05) is 6.92 Å². The topological polar surface area (TPSA) is 80.5 Å². The van der Waals surface area contributed by atoms with Crippen LogP contribution in [0.1, 0.15) is 13.3 Å². The Kier molecular flexibility index (Phi) is 4.98. The fourth-order valence-corrected chi connectivity index (χ4v) is 2.45. The average Bonchev–Trinajstić information content (AvgIpc) is 2.37. The quantitative estimate of drug-likeness (QED) is 0.595. The number of hydrogen-bond donors (Lipinski definition) is 0. The van der Waals surface area contributed by atoms with E-state index in [1.807, 2.05) is 6.92 Å². The van der Waals surface area contributed by atoms with Gasteiger partial charge >= 0.3 is 5.76 Å². The van der Waals surface area contributed by atoms with Crippen LogP contribution in [0, 0.1) is 10.1 Å². The van der Waals surface area contributed by atoms with Gasteiger partial charge in [0, 0.05) is 19.7 Å². The molecular formula is C11H14F2N2O4S. The molecule has 0 amide bonds. The van der Waals surface area contributed by atoms with Crippen molar-refractivity contribution < 1.29 is 22.1 Å². The van der Waals surface area contributed by atoms with E-state index in [9.17, 15) is 27.3 Å². The average molecular weight is 308 g/mol. The van der Waals surface area contributed by atoms with Crippen molar-refractivity contribution in [3.05, 3.63) is 28.3 Å². The maximum Gasteiger partial charge on any atom is 0.341 e. The summed E-state index contributed by atoms with van der Waals surface area (Å²) >= 11 is 0. The van der Waals surface area contributed by atoms with Crippen LogP contribution in [-0.4, -0.2) is 32.7 Å². The molecule has 0 fully saturated rings. The number of halogens is 2. The first kappa shape index (κ1) is 16.3. The zero-order valence-electron chi connectivity index (χ0n) is 10.9. The lowest BCUT2D eigenvalue weighted by atomic mass is 10.2. The van der Waals surface area contributed by atoms with Gasteiger partial charge in [-0.3, -0.25) is 10.1 Å². The summed E-state index contributed by atoms with van der Waals surface area (Å²) in [4.78, 5) is 11.0. The maximum absolute atomic E-state index is 12.4. The van der Waals surface area contributed by atoms with E-state index in [-0.39, 0.29) is 5.69 Å². The first-order valence-electron chi connectivity index (χ1n) is 5.73. The summed E-state index contributed by atoms with van der Waals surface area (Å²) in [7, 11) is -3.24. The molecule has 9 heteroatoms. The van der Waals surface area contributed by atoms with Crippen molar-refractivity contribution in [1.82, 2.24) is 0 Å². The third-order valence-electron chi connectivity index (χ3n) is 2.68. The van der Waals surface area contributed by atoms with Crippen molar-refractivity contribution >= 4 is 21.2 Å². The second-order valence-electron chi connectivity index (χ2n) is 4.13. The molecule has 0 aliphatic carbocycles. The molecule has 0 radical (unpaired) electrons. The number of nitro benzene ring substituents is 1. The molecule has 0 aromatic heterocycles. The van der Waals surface area contributed by atoms with Crippen LogP contribution in [0.25, 0.3) is 0 Å². The zero-order chi connectivity index (χ0) is 15.5. The second kappa shape index (κ2) is 6.12. The van der Waals surface area contributed by atoms with Crippen LogP contribution >= 0.6 is 0 Å². The predicted octanol–water partition coefficient (Wildman–Crippen LogP) is 2.44.